The van der Waals surface area contributed by atoms with Gasteiger partial charge in [0.1, 0.15) is 30.4 Å². The van der Waals surface area contributed by atoms with Gasteiger partial charge in [-0.2, -0.15) is 0 Å². The highest BCUT2D eigenvalue weighted by Crippen LogP contribution is 2.40. The van der Waals surface area contributed by atoms with Gasteiger partial charge in [-0.1, -0.05) is 0 Å². The Labute approximate surface area is 276 Å². The maximum absolute atomic E-state index is 13.1. The topological polar surface area (TPSA) is 263 Å². The van der Waals surface area contributed by atoms with E-state index in [1.807, 2.05) is 0 Å². The molecule has 11 N–H and O–H groups in total. The largest absolute Gasteiger partial charge is 0.507 e. The Morgan fingerprint density at radius 2 is 1.17 bits per heavy atom. The summed E-state index contributed by atoms with van der Waals surface area (Å²) in [5.41, 5.74) is -0.520. The number of carbonyl (C=O) groups excluding carboxylic acids is 2. The normalized spacial score (nSPS) is 19.1. The molecular formula is C33H45N2O13+. The summed E-state index contributed by atoms with van der Waals surface area (Å²) in [5, 5.41) is 109. The van der Waals surface area contributed by atoms with Gasteiger partial charge in [0.2, 0.25) is 17.3 Å². The van der Waals surface area contributed by atoms with Crippen molar-refractivity contribution in [1.29, 1.82) is 0 Å². The van der Waals surface area contributed by atoms with E-state index in [1.54, 1.807) is 9.48 Å². The molecule has 4 atom stereocenters. The Morgan fingerprint density at radius 3 is 1.65 bits per heavy atom. The molecule has 0 fully saturated rings. The maximum Gasteiger partial charge on any atom is 0.238 e. The molecule has 0 heterocycles. The van der Waals surface area contributed by atoms with E-state index in [-0.39, 0.29) is 63.0 Å². The average Bonchev–Trinajstić information content (AvgIpc) is 3.30. The molecule has 0 spiro atoms. The van der Waals surface area contributed by atoms with E-state index in [2.05, 4.69) is 0 Å². The van der Waals surface area contributed by atoms with Crippen LogP contribution in [0.1, 0.15) is 31.2 Å². The van der Waals surface area contributed by atoms with Crippen molar-refractivity contribution in [3.8, 4) is 5.75 Å². The summed E-state index contributed by atoms with van der Waals surface area (Å²) in [6.45, 7) is -1.12. The van der Waals surface area contributed by atoms with E-state index >= 15 is 0 Å². The summed E-state index contributed by atoms with van der Waals surface area (Å²) in [6, 6.07) is 4.07. The Kier molecular flexibility index (Phi) is 14.4. The van der Waals surface area contributed by atoms with Crippen LogP contribution in [0.2, 0.25) is 0 Å². The minimum Gasteiger partial charge on any atom is -0.507 e. The van der Waals surface area contributed by atoms with E-state index in [0.29, 0.717) is 11.4 Å². The molecule has 0 saturated heterocycles. The van der Waals surface area contributed by atoms with Gasteiger partial charge in [-0.15, -0.1) is 0 Å². The zero-order valence-electron chi connectivity index (χ0n) is 26.4. The van der Waals surface area contributed by atoms with Gasteiger partial charge < -0.3 is 61.1 Å². The molecule has 0 saturated carbocycles. The molecule has 0 radical (unpaired) electrons. The molecule has 3 rings (SSSR count). The number of aromatic hydroxyl groups is 1. The van der Waals surface area contributed by atoms with Crippen LogP contribution in [0.25, 0.3) is 5.57 Å². The minimum absolute atomic E-state index is 0.140. The van der Waals surface area contributed by atoms with Crippen molar-refractivity contribution in [2.24, 2.45) is 0 Å². The fourth-order valence-corrected chi connectivity index (χ4v) is 5.25. The highest BCUT2D eigenvalue weighted by atomic mass is 16.3. The lowest BCUT2D eigenvalue weighted by molar-refractivity contribution is -0.530. The number of nitrogens with zero attached hydrogens (tertiary/aromatic N) is 2. The number of benzene rings is 1. The van der Waals surface area contributed by atoms with Gasteiger partial charge in [0, 0.05) is 54.9 Å². The van der Waals surface area contributed by atoms with E-state index in [1.165, 1.54) is 36.4 Å². The van der Waals surface area contributed by atoms with Crippen LogP contribution in [0.5, 0.6) is 5.75 Å². The quantitative estimate of drug-likeness (QED) is 0.0473. The van der Waals surface area contributed by atoms with Gasteiger partial charge in [-0.05, 0) is 31.1 Å². The second-order valence-electron chi connectivity index (χ2n) is 11.6. The van der Waals surface area contributed by atoms with E-state index < -0.39 is 90.8 Å². The first-order valence-electron chi connectivity index (χ1n) is 15.6. The van der Waals surface area contributed by atoms with E-state index in [4.69, 9.17) is 0 Å². The molecule has 0 aromatic heterocycles. The lowest BCUT2D eigenvalue weighted by Gasteiger charge is -2.27. The molecule has 48 heavy (non-hydrogen) atoms. The molecule has 4 unspecified atom stereocenters. The standard InChI is InChI=1S/C33H44N2O13/c36-15-21(40)5-9-34(10-6-22(41)16-37)19-1-3-25(27(44)13-19)29-31(46)30(33(48)32(29)47)26-4-2-20(14-28(26)45)35(11-7-23(42)17-38)12-8-24(43)18-39/h1-4,13-14,21-24,36-43H,5-12,15-18H2,(H2,44,45,46,47,48)/p+1. The van der Waals surface area contributed by atoms with Crippen LogP contribution >= 0.6 is 0 Å². The number of phenolic OH excluding ortho intramolecular Hbond substituents is 1. The molecular weight excluding hydrogens is 632 g/mol. The molecule has 0 bridgehead atoms. The van der Waals surface area contributed by atoms with E-state index in [0.717, 1.165) is 0 Å². The van der Waals surface area contributed by atoms with Gasteiger partial charge in [0.25, 0.3) is 0 Å². The van der Waals surface area contributed by atoms with Gasteiger partial charge in [0.15, 0.2) is 0 Å². The first kappa shape index (κ1) is 38.5. The predicted octanol–water partition coefficient (Wildman–Crippen LogP) is -1.65. The van der Waals surface area contributed by atoms with Gasteiger partial charge in [0.05, 0.1) is 68.1 Å². The van der Waals surface area contributed by atoms with Crippen LogP contribution in [-0.2, 0) is 9.59 Å². The summed E-state index contributed by atoms with van der Waals surface area (Å²) in [6.07, 6.45) is 0.546. The highest BCUT2D eigenvalue weighted by molar-refractivity contribution is 6.63. The Bertz CT molecular complexity index is 1450. The number of aliphatic hydroxyl groups is 10. The molecule has 0 aliphatic heterocycles. The summed E-state index contributed by atoms with van der Waals surface area (Å²) < 4.78 is 1.67. The van der Waals surface area contributed by atoms with Gasteiger partial charge >= 0.3 is 0 Å². The van der Waals surface area contributed by atoms with Crippen molar-refractivity contribution in [3.05, 3.63) is 64.7 Å². The van der Waals surface area contributed by atoms with Gasteiger partial charge in [-0.3, -0.25) is 9.59 Å². The van der Waals surface area contributed by atoms with Crippen molar-refractivity contribution < 1.29 is 70.3 Å². The van der Waals surface area contributed by atoms with E-state index in [9.17, 15) is 65.8 Å². The minimum atomic E-state index is -1.12. The monoisotopic (exact) mass is 677 g/mol. The average molecular weight is 678 g/mol. The molecule has 2 aliphatic carbocycles. The smallest absolute Gasteiger partial charge is 0.238 e. The van der Waals surface area contributed by atoms with Crippen molar-refractivity contribution in [3.63, 3.8) is 0 Å². The number of rotatable bonds is 18. The van der Waals surface area contributed by atoms with Crippen molar-refractivity contribution in [2.75, 3.05) is 57.5 Å². The van der Waals surface area contributed by atoms with Crippen molar-refractivity contribution in [1.82, 2.24) is 0 Å². The fourth-order valence-electron chi connectivity index (χ4n) is 5.25. The molecule has 2 aliphatic rings. The molecule has 15 nitrogen and oxygen atoms in total. The summed E-state index contributed by atoms with van der Waals surface area (Å²) in [7, 11) is 0. The van der Waals surface area contributed by atoms with Crippen molar-refractivity contribution in [2.45, 2.75) is 50.1 Å². The highest BCUT2D eigenvalue weighted by Gasteiger charge is 2.41. The molecule has 0 amide bonds. The van der Waals surface area contributed by atoms with Crippen LogP contribution in [0.15, 0.2) is 59.1 Å². The number of aliphatic hydroxyl groups excluding tert-OH is 10. The zero-order valence-corrected chi connectivity index (χ0v) is 26.4. The third kappa shape index (κ3) is 9.58. The van der Waals surface area contributed by atoms with Crippen LogP contribution in [0.4, 0.5) is 5.69 Å². The Hall–Kier alpha value is -3.93. The van der Waals surface area contributed by atoms with Crippen LogP contribution in [-0.4, -0.2) is 155 Å². The lowest BCUT2D eigenvalue weighted by atomic mass is 9.98. The maximum atomic E-state index is 13.1. The number of phenols is 1. The first-order chi connectivity index (χ1) is 22.9. The Balaban J connectivity index is 1.99. The molecule has 15 heteroatoms. The van der Waals surface area contributed by atoms with Crippen LogP contribution in [0.3, 0.4) is 0 Å². The number of hydrogen-bond donors (Lipinski definition) is 11. The number of anilines is 1. The van der Waals surface area contributed by atoms with Crippen LogP contribution in [0, 0.1) is 0 Å². The first-order valence-corrected chi connectivity index (χ1v) is 15.6. The third-order valence-corrected chi connectivity index (χ3v) is 8.14. The second-order valence-corrected chi connectivity index (χ2v) is 11.6. The zero-order chi connectivity index (χ0) is 35.5. The molecule has 1 aromatic rings. The summed E-state index contributed by atoms with van der Waals surface area (Å²) in [4.78, 5) is 28.0. The SMILES string of the molecule is O=C1C(=O)/C(=C2/C=CC(=[N+](CCC(O)CO)CCC(O)CO)C=C2O)C(O)=C1c1ccc(N(CCC(O)CO)CCC(O)CO)cc1O. The van der Waals surface area contributed by atoms with Crippen molar-refractivity contribution >= 4 is 28.5 Å². The number of carbonyl (C=O) groups is 2. The summed E-state index contributed by atoms with van der Waals surface area (Å²) >= 11 is 0. The van der Waals surface area contributed by atoms with Gasteiger partial charge in [-0.25, -0.2) is 4.58 Å². The Morgan fingerprint density at radius 1 is 0.667 bits per heavy atom. The number of Topliss-reactive ketones (excluding diaryl/α,β-unsaturated/α-hetero) is 2. The fraction of sp³-hybridized carbons (Fsp3) is 0.485. The predicted molar refractivity (Wildman–Crippen MR) is 173 cm³/mol. The number of allylic oxidation sites excluding steroid dienone is 5. The third-order valence-electron chi connectivity index (χ3n) is 8.14. The number of ketones is 2. The molecule has 264 valence electrons. The van der Waals surface area contributed by atoms with Crippen LogP contribution < -0.4 is 4.90 Å². The molecule has 1 aromatic carbocycles. The lowest BCUT2D eigenvalue weighted by Crippen LogP contribution is -2.31. The number of hydrogen-bond acceptors (Lipinski definition) is 14. The summed E-state index contributed by atoms with van der Waals surface area (Å²) in [5.74, 6) is -3.96. The second kappa shape index (κ2) is 18.0.